The Kier molecular flexibility index (Phi) is 9.18. The first-order valence-corrected chi connectivity index (χ1v) is 10.8. The summed E-state index contributed by atoms with van der Waals surface area (Å²) < 4.78 is 27.3. The minimum Gasteiger partial charge on any atom is -0.497 e. The van der Waals surface area contributed by atoms with Gasteiger partial charge < -0.3 is 29.0 Å². The zero-order valence-electron chi connectivity index (χ0n) is 18.5. The lowest BCUT2D eigenvalue weighted by Gasteiger charge is -2.44. The quantitative estimate of drug-likeness (QED) is 0.441. The fraction of sp³-hybridized carbons (Fsp3) is 0.524. The number of ether oxygens (including phenoxy) is 5. The second-order valence-corrected chi connectivity index (χ2v) is 8.36. The van der Waals surface area contributed by atoms with E-state index in [1.165, 1.54) is 46.6 Å². The topological polar surface area (TPSA) is 126 Å². The van der Waals surface area contributed by atoms with Gasteiger partial charge in [-0.2, -0.15) is 0 Å². The number of benzene rings is 1. The normalized spacial score (nSPS) is 24.6. The number of carbonyl (C=O) groups is 4. The van der Waals surface area contributed by atoms with Gasteiger partial charge in [0, 0.05) is 27.7 Å². The van der Waals surface area contributed by atoms with E-state index in [9.17, 15) is 19.2 Å². The molecule has 5 atom stereocenters. The van der Waals surface area contributed by atoms with Crippen molar-refractivity contribution < 1.29 is 42.9 Å². The third-order valence-corrected chi connectivity index (χ3v) is 5.79. The molecule has 1 saturated heterocycles. The van der Waals surface area contributed by atoms with Crippen molar-refractivity contribution in [2.45, 2.75) is 56.6 Å². The molecule has 1 aromatic carbocycles. The van der Waals surface area contributed by atoms with Gasteiger partial charge in [0.1, 0.15) is 24.1 Å². The second kappa shape index (κ2) is 11.6. The number of hydrogen-bond donors (Lipinski definition) is 1. The number of rotatable bonds is 8. The van der Waals surface area contributed by atoms with Gasteiger partial charge in [-0.05, 0) is 24.3 Å². The highest BCUT2D eigenvalue weighted by molar-refractivity contribution is 8.00. The molecule has 1 N–H and O–H groups in total. The molecule has 0 radical (unpaired) electrons. The fourth-order valence-electron chi connectivity index (χ4n) is 3.18. The lowest BCUT2D eigenvalue weighted by molar-refractivity contribution is -0.172. The Hall–Kier alpha value is -2.95. The largest absolute Gasteiger partial charge is 0.497 e. The van der Waals surface area contributed by atoms with Crippen LogP contribution in [0.15, 0.2) is 24.3 Å². The number of methoxy groups -OCH3 is 1. The molecule has 0 saturated carbocycles. The van der Waals surface area contributed by atoms with Crippen molar-refractivity contribution in [3.05, 3.63) is 24.3 Å². The first-order valence-electron chi connectivity index (χ1n) is 9.81. The zero-order chi connectivity index (χ0) is 23.8. The van der Waals surface area contributed by atoms with Gasteiger partial charge in [-0.25, -0.2) is 0 Å². The smallest absolute Gasteiger partial charge is 0.303 e. The van der Waals surface area contributed by atoms with Gasteiger partial charge >= 0.3 is 17.9 Å². The molecule has 1 amide bonds. The standard InChI is InChI=1S/C21H27NO9S/c1-11(23)22-18-20(30-14(4)26)19(29-13(3)25)17(10-28-12(2)24)32-21(18)31-16-8-6-15(27-5)7-9-16/h6-9,17-21H,10H2,1-5H3,(H,22,23)/t17?,18-,19+,20?,21+/m0/s1. The van der Waals surface area contributed by atoms with E-state index in [2.05, 4.69) is 5.32 Å². The van der Waals surface area contributed by atoms with Crippen LogP contribution in [0, 0.1) is 0 Å². The molecule has 10 nitrogen and oxygen atoms in total. The number of thioether (sulfide) groups is 1. The van der Waals surface area contributed by atoms with E-state index < -0.39 is 52.8 Å². The van der Waals surface area contributed by atoms with Crippen LogP contribution in [-0.2, 0) is 33.4 Å². The van der Waals surface area contributed by atoms with Crippen molar-refractivity contribution in [1.82, 2.24) is 5.32 Å². The Labute approximate surface area is 190 Å². The van der Waals surface area contributed by atoms with E-state index in [1.54, 1.807) is 24.3 Å². The highest BCUT2D eigenvalue weighted by Gasteiger charge is 2.51. The summed E-state index contributed by atoms with van der Waals surface area (Å²) in [5.41, 5.74) is -0.760. The summed E-state index contributed by atoms with van der Waals surface area (Å²) in [7, 11) is 1.54. The van der Waals surface area contributed by atoms with Crippen LogP contribution < -0.4 is 14.8 Å². The molecule has 1 heterocycles. The third kappa shape index (κ3) is 7.33. The summed E-state index contributed by atoms with van der Waals surface area (Å²) in [6.07, 6.45) is -2.07. The van der Waals surface area contributed by atoms with Crippen LogP contribution in [0.2, 0.25) is 0 Å². The molecule has 0 spiro atoms. The molecule has 1 fully saturated rings. The molecular weight excluding hydrogens is 442 g/mol. The summed E-state index contributed by atoms with van der Waals surface area (Å²) in [5, 5.41) is 2.11. The molecule has 1 aliphatic heterocycles. The van der Waals surface area contributed by atoms with E-state index in [0.717, 1.165) is 0 Å². The lowest BCUT2D eigenvalue weighted by Crippen LogP contribution is -2.64. The van der Waals surface area contributed by atoms with Crippen LogP contribution in [0.3, 0.4) is 0 Å². The SMILES string of the molecule is COc1ccc(O[C@@H]2SC(COC(C)=O)[C@@H](OC(C)=O)C(OC(C)=O)[C@@H]2NC(C)=O)cc1. The minimum atomic E-state index is -1.08. The summed E-state index contributed by atoms with van der Waals surface area (Å²) in [6.45, 7) is 4.86. The molecule has 1 aliphatic rings. The molecule has 0 bridgehead atoms. The monoisotopic (exact) mass is 469 g/mol. The average molecular weight is 470 g/mol. The Balaban J connectivity index is 2.42. The number of nitrogens with one attached hydrogen (secondary N) is 1. The highest BCUT2D eigenvalue weighted by Crippen LogP contribution is 2.38. The second-order valence-electron chi connectivity index (χ2n) is 7.01. The Morgan fingerprint density at radius 2 is 1.44 bits per heavy atom. The zero-order valence-corrected chi connectivity index (χ0v) is 19.3. The van der Waals surface area contributed by atoms with Crippen molar-refractivity contribution >= 4 is 35.6 Å². The molecule has 2 unspecified atom stereocenters. The average Bonchev–Trinajstić information content (AvgIpc) is 2.70. The van der Waals surface area contributed by atoms with Crippen molar-refractivity contribution in [2.24, 2.45) is 0 Å². The van der Waals surface area contributed by atoms with Gasteiger partial charge in [0.2, 0.25) is 5.91 Å². The molecule has 1 aromatic rings. The highest BCUT2D eigenvalue weighted by atomic mass is 32.2. The maximum absolute atomic E-state index is 11.9. The number of hydrogen-bond acceptors (Lipinski definition) is 10. The van der Waals surface area contributed by atoms with E-state index >= 15 is 0 Å². The van der Waals surface area contributed by atoms with Crippen molar-refractivity contribution in [3.63, 3.8) is 0 Å². The van der Waals surface area contributed by atoms with E-state index in [0.29, 0.717) is 11.5 Å². The van der Waals surface area contributed by atoms with Crippen LogP contribution in [0.25, 0.3) is 0 Å². The Bertz CT molecular complexity index is 829. The van der Waals surface area contributed by atoms with E-state index in [-0.39, 0.29) is 6.61 Å². The lowest BCUT2D eigenvalue weighted by atomic mass is 10.0. The number of amides is 1. The summed E-state index contributed by atoms with van der Waals surface area (Å²) in [5.74, 6) is -1.06. The van der Waals surface area contributed by atoms with Gasteiger partial charge in [-0.15, -0.1) is 11.8 Å². The third-order valence-electron chi connectivity index (χ3n) is 4.38. The predicted octanol–water partition coefficient (Wildman–Crippen LogP) is 1.45. The summed E-state index contributed by atoms with van der Waals surface area (Å²) in [6, 6.07) is 5.92. The summed E-state index contributed by atoms with van der Waals surface area (Å²) >= 11 is 1.20. The Morgan fingerprint density at radius 1 is 0.875 bits per heavy atom. The van der Waals surface area contributed by atoms with Crippen molar-refractivity contribution in [1.29, 1.82) is 0 Å². The number of esters is 3. The predicted molar refractivity (Wildman–Crippen MR) is 114 cm³/mol. The van der Waals surface area contributed by atoms with E-state index in [4.69, 9.17) is 23.7 Å². The summed E-state index contributed by atoms with van der Waals surface area (Å²) in [4.78, 5) is 47.0. The van der Waals surface area contributed by atoms with Gasteiger partial charge in [0.25, 0.3) is 0 Å². The van der Waals surface area contributed by atoms with Crippen LogP contribution >= 0.6 is 11.8 Å². The van der Waals surface area contributed by atoms with Gasteiger partial charge in [-0.3, -0.25) is 19.2 Å². The van der Waals surface area contributed by atoms with Crippen LogP contribution in [-0.4, -0.2) is 66.5 Å². The Morgan fingerprint density at radius 3 is 1.94 bits per heavy atom. The maximum Gasteiger partial charge on any atom is 0.303 e. The maximum atomic E-state index is 11.9. The van der Waals surface area contributed by atoms with Gasteiger partial charge in [0.05, 0.1) is 12.4 Å². The van der Waals surface area contributed by atoms with Crippen molar-refractivity contribution in [3.8, 4) is 11.5 Å². The van der Waals surface area contributed by atoms with Crippen molar-refractivity contribution in [2.75, 3.05) is 13.7 Å². The molecule has 11 heteroatoms. The van der Waals surface area contributed by atoms with Crippen LogP contribution in [0.1, 0.15) is 27.7 Å². The first-order chi connectivity index (χ1) is 15.1. The van der Waals surface area contributed by atoms with Gasteiger partial charge in [-0.1, -0.05) is 0 Å². The molecule has 0 aromatic heterocycles. The first kappa shape index (κ1) is 25.3. The molecule has 32 heavy (non-hydrogen) atoms. The van der Waals surface area contributed by atoms with Gasteiger partial charge in [0.15, 0.2) is 17.6 Å². The minimum absolute atomic E-state index is 0.120. The van der Waals surface area contributed by atoms with Crippen LogP contribution in [0.4, 0.5) is 0 Å². The fourth-order valence-corrected chi connectivity index (χ4v) is 4.60. The van der Waals surface area contributed by atoms with E-state index in [1.807, 2.05) is 0 Å². The molecule has 176 valence electrons. The number of carbonyl (C=O) groups excluding carboxylic acids is 4. The molecular formula is C21H27NO9S. The van der Waals surface area contributed by atoms with Crippen LogP contribution in [0.5, 0.6) is 11.5 Å². The molecule has 2 rings (SSSR count). The molecule has 0 aliphatic carbocycles.